The number of hydroxylamine groups is 1. The van der Waals surface area contributed by atoms with Crippen LogP contribution in [0.5, 0.6) is 5.75 Å². The van der Waals surface area contributed by atoms with Crippen LogP contribution in [-0.4, -0.2) is 59.3 Å². The van der Waals surface area contributed by atoms with Crippen LogP contribution in [0.4, 0.5) is 0 Å². The summed E-state index contributed by atoms with van der Waals surface area (Å²) in [6, 6.07) is 30.5. The maximum Gasteiger partial charge on any atom is 0.243 e. The lowest BCUT2D eigenvalue weighted by Gasteiger charge is -2.36. The first kappa shape index (κ1) is 38.6. The van der Waals surface area contributed by atoms with E-state index in [9.17, 15) is 19.8 Å². The van der Waals surface area contributed by atoms with Crippen molar-refractivity contribution in [2.24, 2.45) is 0 Å². The molecule has 1 saturated heterocycles. The molecule has 2 heterocycles. The zero-order valence-electron chi connectivity index (χ0n) is 29.7. The SMILES string of the molecule is O=C(CCCCCCC(=O)NCc1ccccc1-c1ccc([C@H]2O[C@@H](CSc3nnnn3-c3ccc(O)cc3)C[C@@H](c3ccc(CO)cc3)O2)cc1)NO. The highest BCUT2D eigenvalue weighted by Crippen LogP contribution is 2.40. The second-order valence-corrected chi connectivity index (χ2v) is 14.0. The Morgan fingerprint density at radius 3 is 2.26 bits per heavy atom. The second kappa shape index (κ2) is 19.3. The lowest BCUT2D eigenvalue weighted by molar-refractivity contribution is -0.245. The van der Waals surface area contributed by atoms with Gasteiger partial charge in [-0.15, -0.1) is 5.10 Å². The third-order valence-corrected chi connectivity index (χ3v) is 10.3. The molecule has 282 valence electrons. The van der Waals surface area contributed by atoms with Crippen LogP contribution in [0, 0.1) is 0 Å². The van der Waals surface area contributed by atoms with E-state index in [0.717, 1.165) is 58.3 Å². The number of phenols is 1. The molecule has 1 fully saturated rings. The third kappa shape index (κ3) is 10.5. The quantitative estimate of drug-likeness (QED) is 0.0310. The van der Waals surface area contributed by atoms with Gasteiger partial charge in [0.1, 0.15) is 5.75 Å². The largest absolute Gasteiger partial charge is 0.508 e. The fourth-order valence-corrected chi connectivity index (χ4v) is 7.16. The summed E-state index contributed by atoms with van der Waals surface area (Å²) in [4.78, 5) is 23.7. The number of aromatic hydroxyl groups is 1. The lowest BCUT2D eigenvalue weighted by atomic mass is 9.97. The average Bonchev–Trinajstić information content (AvgIpc) is 3.69. The van der Waals surface area contributed by atoms with Crippen molar-refractivity contribution in [1.29, 1.82) is 0 Å². The standard InChI is InChI=1S/C40H44N6O7S/c47-25-27-11-13-29(14-12-27)36-23-34(26-54-40-42-44-45-46(40)32-19-21-33(48)22-20-32)52-39(53-36)30-17-15-28(16-18-30)35-8-6-5-7-31(35)24-41-37(49)9-3-1-2-4-10-38(50)43-51/h5-8,11-22,34,36,39,47-48,51H,1-4,9-10,23-26H2,(H,41,49)(H,43,50)/t34-,36+,39+/m1/s1. The highest BCUT2D eigenvalue weighted by Gasteiger charge is 2.33. The molecule has 2 amide bonds. The van der Waals surface area contributed by atoms with Crippen LogP contribution in [0.25, 0.3) is 16.8 Å². The number of benzene rings is 4. The van der Waals surface area contributed by atoms with Gasteiger partial charge in [-0.05, 0) is 75.4 Å². The van der Waals surface area contributed by atoms with Crippen LogP contribution in [0.2, 0.25) is 0 Å². The van der Waals surface area contributed by atoms with Gasteiger partial charge in [-0.1, -0.05) is 97.4 Å². The second-order valence-electron chi connectivity index (χ2n) is 13.1. The number of carbonyl (C=O) groups is 2. The topological polar surface area (TPSA) is 181 Å². The van der Waals surface area contributed by atoms with Crippen molar-refractivity contribution in [1.82, 2.24) is 31.0 Å². The number of hydrogen-bond donors (Lipinski definition) is 5. The summed E-state index contributed by atoms with van der Waals surface area (Å²) in [5.74, 6) is 0.303. The van der Waals surface area contributed by atoms with E-state index in [2.05, 4.69) is 20.8 Å². The van der Waals surface area contributed by atoms with Crippen LogP contribution in [0.1, 0.15) is 79.6 Å². The fraction of sp³-hybridized carbons (Fsp3) is 0.325. The van der Waals surface area contributed by atoms with Crippen molar-refractivity contribution in [3.63, 3.8) is 0 Å². The normalized spacial score (nSPS) is 16.9. The Kier molecular flexibility index (Phi) is 13.8. The average molecular weight is 753 g/mol. The van der Waals surface area contributed by atoms with Crippen molar-refractivity contribution in [3.05, 3.63) is 119 Å². The number of hydrogen-bond acceptors (Lipinski definition) is 11. The number of thioether (sulfide) groups is 1. The van der Waals surface area contributed by atoms with Gasteiger partial charge in [-0.25, -0.2) is 5.48 Å². The van der Waals surface area contributed by atoms with Crippen LogP contribution in [0.15, 0.2) is 102 Å². The molecule has 0 aliphatic carbocycles. The Morgan fingerprint density at radius 2 is 1.54 bits per heavy atom. The molecule has 4 aromatic carbocycles. The van der Waals surface area contributed by atoms with Gasteiger partial charge in [0.2, 0.25) is 17.0 Å². The van der Waals surface area contributed by atoms with Gasteiger partial charge >= 0.3 is 0 Å². The Hall–Kier alpha value is -5.12. The number of aromatic nitrogens is 4. The molecule has 3 atom stereocenters. The summed E-state index contributed by atoms with van der Waals surface area (Å²) >= 11 is 1.48. The monoisotopic (exact) mass is 752 g/mol. The molecule has 6 rings (SSSR count). The highest BCUT2D eigenvalue weighted by atomic mass is 32.2. The number of nitrogens with zero attached hydrogens (tertiary/aromatic N) is 4. The number of rotatable bonds is 17. The smallest absolute Gasteiger partial charge is 0.243 e. The maximum atomic E-state index is 12.6. The molecule has 5 N–H and O–H groups in total. The third-order valence-electron chi connectivity index (χ3n) is 9.22. The lowest BCUT2D eigenvalue weighted by Crippen LogP contribution is -2.31. The summed E-state index contributed by atoms with van der Waals surface area (Å²) in [5, 5.41) is 43.8. The van der Waals surface area contributed by atoms with Crippen LogP contribution < -0.4 is 10.8 Å². The molecule has 5 aromatic rings. The summed E-state index contributed by atoms with van der Waals surface area (Å²) in [6.45, 7) is 0.360. The molecule has 0 unspecified atom stereocenters. The van der Waals surface area contributed by atoms with E-state index in [-0.39, 0.29) is 36.9 Å². The van der Waals surface area contributed by atoms with Crippen LogP contribution in [-0.2, 0) is 32.2 Å². The molecule has 1 aromatic heterocycles. The Morgan fingerprint density at radius 1 is 0.833 bits per heavy atom. The Labute approximate surface area is 317 Å². The molecule has 14 heteroatoms. The minimum Gasteiger partial charge on any atom is -0.508 e. The van der Waals surface area contributed by atoms with Crippen molar-refractivity contribution in [2.45, 2.75) is 81.8 Å². The van der Waals surface area contributed by atoms with Crippen LogP contribution >= 0.6 is 11.8 Å². The molecule has 0 radical (unpaired) electrons. The van der Waals surface area contributed by atoms with Crippen LogP contribution in [0.3, 0.4) is 0 Å². The van der Waals surface area contributed by atoms with E-state index in [1.165, 1.54) is 11.8 Å². The molecular formula is C40H44N6O7S. The minimum atomic E-state index is -0.643. The zero-order valence-corrected chi connectivity index (χ0v) is 30.5. The summed E-state index contributed by atoms with van der Waals surface area (Å²) in [5.41, 5.74) is 8.05. The Bertz CT molecular complexity index is 1960. The van der Waals surface area contributed by atoms with E-state index in [4.69, 9.17) is 14.7 Å². The number of amides is 2. The predicted molar refractivity (Wildman–Crippen MR) is 201 cm³/mol. The van der Waals surface area contributed by atoms with Gasteiger partial charge in [0.25, 0.3) is 0 Å². The van der Waals surface area contributed by atoms with Crippen molar-refractivity contribution < 1.29 is 34.5 Å². The number of phenolic OH excluding ortho intramolecular Hbond substituents is 1. The summed E-state index contributed by atoms with van der Waals surface area (Å²) in [7, 11) is 0. The zero-order chi connectivity index (χ0) is 37.7. The molecular weight excluding hydrogens is 709 g/mol. The predicted octanol–water partition coefficient (Wildman–Crippen LogP) is 6.33. The highest BCUT2D eigenvalue weighted by molar-refractivity contribution is 7.99. The number of aliphatic hydroxyl groups excluding tert-OH is 1. The number of carbonyl (C=O) groups excluding carboxylic acids is 2. The first-order valence-corrected chi connectivity index (χ1v) is 19.0. The number of tetrazole rings is 1. The molecule has 1 aliphatic heterocycles. The maximum absolute atomic E-state index is 12.6. The van der Waals surface area contributed by atoms with Gasteiger partial charge in [-0.2, -0.15) is 4.68 Å². The number of nitrogens with one attached hydrogen (secondary N) is 2. The first-order chi connectivity index (χ1) is 26.4. The molecule has 0 spiro atoms. The molecule has 1 aliphatic rings. The molecule has 54 heavy (non-hydrogen) atoms. The molecule has 13 nitrogen and oxygen atoms in total. The molecule has 0 saturated carbocycles. The number of ether oxygens (including phenoxy) is 2. The van der Waals surface area contributed by atoms with Gasteiger partial charge in [0.05, 0.1) is 24.5 Å². The van der Waals surface area contributed by atoms with E-state index in [1.54, 1.807) is 34.4 Å². The van der Waals surface area contributed by atoms with E-state index in [1.807, 2.05) is 72.8 Å². The summed E-state index contributed by atoms with van der Waals surface area (Å²) in [6.07, 6.45) is 3.22. The van der Waals surface area contributed by atoms with Crippen molar-refractivity contribution in [3.8, 4) is 22.6 Å². The van der Waals surface area contributed by atoms with Gasteiger partial charge in [0, 0.05) is 37.1 Å². The Balaban J connectivity index is 1.10. The summed E-state index contributed by atoms with van der Waals surface area (Å²) < 4.78 is 14.8. The first-order valence-electron chi connectivity index (χ1n) is 18.0. The minimum absolute atomic E-state index is 0.0232. The van der Waals surface area contributed by atoms with Crippen molar-refractivity contribution in [2.75, 3.05) is 5.75 Å². The van der Waals surface area contributed by atoms with E-state index in [0.29, 0.717) is 36.7 Å². The fourth-order valence-electron chi connectivity index (χ4n) is 6.25. The van der Waals surface area contributed by atoms with Crippen molar-refractivity contribution >= 4 is 23.6 Å². The van der Waals surface area contributed by atoms with E-state index >= 15 is 0 Å². The van der Waals surface area contributed by atoms with Gasteiger partial charge in [-0.3, -0.25) is 14.8 Å². The van der Waals surface area contributed by atoms with E-state index < -0.39 is 12.2 Å². The van der Waals surface area contributed by atoms with Gasteiger partial charge < -0.3 is 25.0 Å². The number of aliphatic hydroxyl groups is 1. The molecule has 0 bridgehead atoms. The van der Waals surface area contributed by atoms with Gasteiger partial charge in [0.15, 0.2) is 6.29 Å². The number of unbranched alkanes of at least 4 members (excludes halogenated alkanes) is 3.